The highest BCUT2D eigenvalue weighted by atomic mass is 16.2. The van der Waals surface area contributed by atoms with Crippen molar-refractivity contribution in [3.05, 3.63) is 53.3 Å². The summed E-state index contributed by atoms with van der Waals surface area (Å²) < 4.78 is 0. The zero-order valence-corrected chi connectivity index (χ0v) is 19.6. The van der Waals surface area contributed by atoms with Gasteiger partial charge in [-0.25, -0.2) is 0 Å². The second-order valence-electron chi connectivity index (χ2n) is 10.3. The first-order valence-electron chi connectivity index (χ1n) is 12.3. The van der Waals surface area contributed by atoms with E-state index in [1.165, 1.54) is 0 Å². The van der Waals surface area contributed by atoms with E-state index in [0.717, 1.165) is 56.0 Å². The molecular formula is C26H29N5O4. The van der Waals surface area contributed by atoms with Crippen LogP contribution in [0.4, 0.5) is 5.69 Å². The van der Waals surface area contributed by atoms with Crippen LogP contribution in [-0.4, -0.2) is 70.6 Å². The van der Waals surface area contributed by atoms with Crippen LogP contribution in [0, 0.1) is 5.41 Å². The third-order valence-electron chi connectivity index (χ3n) is 8.13. The van der Waals surface area contributed by atoms with Crippen molar-refractivity contribution in [3.8, 4) is 0 Å². The molecule has 3 saturated heterocycles. The summed E-state index contributed by atoms with van der Waals surface area (Å²) >= 11 is 0. The van der Waals surface area contributed by atoms with Crippen molar-refractivity contribution in [1.29, 1.82) is 0 Å². The van der Waals surface area contributed by atoms with Gasteiger partial charge < -0.3 is 19.7 Å². The van der Waals surface area contributed by atoms with Crippen LogP contribution in [-0.2, 0) is 27.3 Å². The number of fused-ring (bicyclic) bond motifs is 1. The molecule has 1 aromatic carbocycles. The van der Waals surface area contributed by atoms with Gasteiger partial charge in [-0.15, -0.1) is 0 Å². The van der Waals surface area contributed by atoms with Crippen LogP contribution >= 0.6 is 0 Å². The molecule has 1 aromatic heterocycles. The molecule has 0 bridgehead atoms. The molecular weight excluding hydrogens is 446 g/mol. The summed E-state index contributed by atoms with van der Waals surface area (Å²) in [6.07, 6.45) is 4.84. The van der Waals surface area contributed by atoms with E-state index in [-0.39, 0.29) is 35.5 Å². The summed E-state index contributed by atoms with van der Waals surface area (Å²) in [5.41, 5.74) is 3.83. The first kappa shape index (κ1) is 21.9. The van der Waals surface area contributed by atoms with Gasteiger partial charge in [-0.1, -0.05) is 6.07 Å². The number of nitrogens with one attached hydrogen (secondary N) is 2. The Kier molecular flexibility index (Phi) is 5.16. The number of aromatic amines is 1. The smallest absolute Gasteiger partial charge is 0.255 e. The van der Waals surface area contributed by atoms with E-state index >= 15 is 0 Å². The minimum absolute atomic E-state index is 0.138. The Labute approximate surface area is 203 Å². The highest BCUT2D eigenvalue weighted by Crippen LogP contribution is 2.45. The highest BCUT2D eigenvalue weighted by molar-refractivity contribution is 6.06. The maximum absolute atomic E-state index is 13.1. The number of imide groups is 1. The molecule has 2 N–H and O–H groups in total. The van der Waals surface area contributed by atoms with E-state index < -0.39 is 6.04 Å². The lowest BCUT2D eigenvalue weighted by Crippen LogP contribution is -2.61. The van der Waals surface area contributed by atoms with Crippen LogP contribution in [0.3, 0.4) is 0 Å². The lowest BCUT2D eigenvalue weighted by Gasteiger charge is -2.55. The van der Waals surface area contributed by atoms with Gasteiger partial charge in [-0.2, -0.15) is 0 Å². The van der Waals surface area contributed by atoms with Crippen LogP contribution in [0.2, 0.25) is 0 Å². The summed E-state index contributed by atoms with van der Waals surface area (Å²) in [6.45, 7) is 3.77. The lowest BCUT2D eigenvalue weighted by molar-refractivity contribution is -0.137. The van der Waals surface area contributed by atoms with E-state index in [0.29, 0.717) is 24.9 Å². The molecule has 35 heavy (non-hydrogen) atoms. The molecule has 0 saturated carbocycles. The molecule has 0 radical (unpaired) electrons. The van der Waals surface area contributed by atoms with Crippen molar-refractivity contribution in [1.82, 2.24) is 20.1 Å². The molecule has 6 rings (SSSR count). The van der Waals surface area contributed by atoms with E-state index in [2.05, 4.69) is 21.3 Å². The van der Waals surface area contributed by atoms with Crippen molar-refractivity contribution < 1.29 is 19.2 Å². The topological polar surface area (TPSA) is 106 Å². The fourth-order valence-corrected chi connectivity index (χ4v) is 6.10. The lowest BCUT2D eigenvalue weighted by atomic mass is 9.71. The van der Waals surface area contributed by atoms with Gasteiger partial charge in [0, 0.05) is 73.3 Å². The van der Waals surface area contributed by atoms with E-state index in [1.807, 2.05) is 35.4 Å². The van der Waals surface area contributed by atoms with Gasteiger partial charge in [0.2, 0.25) is 17.7 Å². The van der Waals surface area contributed by atoms with Gasteiger partial charge in [0.25, 0.3) is 5.91 Å². The number of H-pyrrole nitrogens is 1. The Balaban J connectivity index is 1.10. The average Bonchev–Trinajstić information content (AvgIpc) is 3.45. The molecule has 1 atom stereocenters. The van der Waals surface area contributed by atoms with Gasteiger partial charge in [-0.3, -0.25) is 24.5 Å². The molecule has 0 aliphatic carbocycles. The first-order chi connectivity index (χ1) is 16.9. The third kappa shape index (κ3) is 3.79. The van der Waals surface area contributed by atoms with Gasteiger partial charge in [0.05, 0.1) is 6.42 Å². The molecule has 182 valence electrons. The number of anilines is 1. The maximum Gasteiger partial charge on any atom is 0.255 e. The average molecular weight is 476 g/mol. The van der Waals surface area contributed by atoms with Crippen LogP contribution in [0.1, 0.15) is 47.3 Å². The third-order valence-corrected chi connectivity index (χ3v) is 8.13. The fraction of sp³-hybridized carbons (Fsp3) is 0.462. The summed E-state index contributed by atoms with van der Waals surface area (Å²) in [5.74, 6) is -0.629. The van der Waals surface area contributed by atoms with Crippen molar-refractivity contribution in [2.45, 2.75) is 44.7 Å². The van der Waals surface area contributed by atoms with Crippen molar-refractivity contribution in [2.75, 3.05) is 31.1 Å². The SMILES string of the molecule is O=C1CCC(N2Cc3c(cccc3N3CC4(CCN(C(=O)Cc5ccc[nH]5)CC4)C3)C2=O)C(=O)N1. The molecule has 3 fully saturated rings. The Morgan fingerprint density at radius 3 is 2.57 bits per heavy atom. The molecule has 9 nitrogen and oxygen atoms in total. The minimum atomic E-state index is -0.601. The van der Waals surface area contributed by atoms with Crippen LogP contribution in [0.25, 0.3) is 0 Å². The van der Waals surface area contributed by atoms with E-state index in [9.17, 15) is 19.2 Å². The number of hydrogen-bond acceptors (Lipinski definition) is 5. The van der Waals surface area contributed by atoms with Crippen molar-refractivity contribution >= 4 is 29.3 Å². The van der Waals surface area contributed by atoms with E-state index in [1.54, 1.807) is 4.90 Å². The number of hydrogen-bond donors (Lipinski definition) is 2. The summed E-state index contributed by atoms with van der Waals surface area (Å²) in [4.78, 5) is 58.7. The van der Waals surface area contributed by atoms with Gasteiger partial charge in [0.15, 0.2) is 0 Å². The monoisotopic (exact) mass is 475 g/mol. The van der Waals surface area contributed by atoms with Crippen LogP contribution in [0.5, 0.6) is 0 Å². The maximum atomic E-state index is 13.1. The van der Waals surface area contributed by atoms with Crippen LogP contribution in [0.15, 0.2) is 36.5 Å². The number of piperidine rings is 2. The molecule has 9 heteroatoms. The Morgan fingerprint density at radius 2 is 1.86 bits per heavy atom. The normalized spacial score (nSPS) is 23.4. The molecule has 1 spiro atoms. The molecule has 2 aromatic rings. The standard InChI is InChI=1S/C26H29N5O4/c32-22-7-6-21(24(34)28-22)31-14-19-18(25(31)35)4-1-5-20(19)30-15-26(16-30)8-11-29(12-9-26)23(33)13-17-3-2-10-27-17/h1-5,10,21,27H,6-9,11-16H2,(H,28,32,34). The number of carbonyl (C=O) groups excluding carboxylic acids is 4. The number of aromatic nitrogens is 1. The second kappa shape index (κ2) is 8.25. The Hall–Kier alpha value is -3.62. The number of rotatable bonds is 4. The largest absolute Gasteiger partial charge is 0.370 e. The Morgan fingerprint density at radius 1 is 1.06 bits per heavy atom. The first-order valence-corrected chi connectivity index (χ1v) is 12.3. The quantitative estimate of drug-likeness (QED) is 0.651. The predicted octanol–water partition coefficient (Wildman–Crippen LogP) is 1.45. The minimum Gasteiger partial charge on any atom is -0.370 e. The van der Waals surface area contributed by atoms with Gasteiger partial charge in [-0.05, 0) is 43.5 Å². The molecule has 4 aliphatic rings. The molecule has 4 amide bonds. The van der Waals surface area contributed by atoms with Crippen LogP contribution < -0.4 is 10.2 Å². The number of carbonyl (C=O) groups is 4. The van der Waals surface area contributed by atoms with Crippen molar-refractivity contribution in [2.24, 2.45) is 5.41 Å². The number of likely N-dealkylation sites (tertiary alicyclic amines) is 1. The van der Waals surface area contributed by atoms with E-state index in [4.69, 9.17) is 0 Å². The second-order valence-corrected chi connectivity index (χ2v) is 10.3. The van der Waals surface area contributed by atoms with Gasteiger partial charge >= 0.3 is 0 Å². The summed E-state index contributed by atoms with van der Waals surface area (Å²) in [5, 5.41) is 2.36. The van der Waals surface area contributed by atoms with Gasteiger partial charge in [0.1, 0.15) is 6.04 Å². The predicted molar refractivity (Wildman–Crippen MR) is 127 cm³/mol. The Bertz CT molecular complexity index is 1190. The fourth-order valence-electron chi connectivity index (χ4n) is 6.10. The zero-order valence-electron chi connectivity index (χ0n) is 19.6. The number of benzene rings is 1. The summed E-state index contributed by atoms with van der Waals surface area (Å²) in [6, 6.07) is 9.05. The molecule has 1 unspecified atom stereocenters. The number of nitrogens with zero attached hydrogens (tertiary/aromatic N) is 3. The number of amides is 4. The molecule has 5 heterocycles. The zero-order chi connectivity index (χ0) is 24.2. The molecule has 4 aliphatic heterocycles. The van der Waals surface area contributed by atoms with Crippen molar-refractivity contribution in [3.63, 3.8) is 0 Å². The summed E-state index contributed by atoms with van der Waals surface area (Å²) in [7, 11) is 0. The highest BCUT2D eigenvalue weighted by Gasteiger charge is 2.47.